The first-order chi connectivity index (χ1) is 9.12. The van der Waals surface area contributed by atoms with Crippen molar-refractivity contribution in [1.29, 1.82) is 0 Å². The van der Waals surface area contributed by atoms with E-state index < -0.39 is 35.8 Å². The number of aromatic amines is 1. The fraction of sp³-hybridized carbons (Fsp3) is 0.455. The lowest BCUT2D eigenvalue weighted by Gasteiger charge is -2.35. The van der Waals surface area contributed by atoms with Crippen LogP contribution in [-0.2, 0) is 10.3 Å². The van der Waals surface area contributed by atoms with Crippen molar-refractivity contribution in [1.82, 2.24) is 4.98 Å². The molecule has 1 aromatic heterocycles. The number of anilines is 1. The lowest BCUT2D eigenvalue weighted by atomic mass is 9.86. The number of amidine groups is 1. The number of nitrogens with two attached hydrogens (primary N) is 2. The molecule has 2 atom stereocenters. The van der Waals surface area contributed by atoms with E-state index in [4.69, 9.17) is 11.5 Å². The standard InChI is InChI=1S/C11H13F3N4O2/c1-10(6-2-5(15)4-17-8(6)19)3-7(11(12,13)14)20-9(16)18-10/h2,4,7H,3,15H2,1H3,(H2,16,18)(H,17,19)/t7-,10+/m0/s1. The van der Waals surface area contributed by atoms with E-state index in [2.05, 4.69) is 14.7 Å². The Morgan fingerprint density at radius 1 is 1.50 bits per heavy atom. The number of aliphatic imine (C=N–C) groups is 1. The van der Waals surface area contributed by atoms with Crippen LogP contribution < -0.4 is 17.0 Å². The third-order valence-corrected chi connectivity index (χ3v) is 3.07. The molecule has 0 saturated carbocycles. The molecule has 0 saturated heterocycles. The number of aromatic nitrogens is 1. The van der Waals surface area contributed by atoms with Gasteiger partial charge in [-0.3, -0.25) is 4.79 Å². The Balaban J connectivity index is 2.51. The summed E-state index contributed by atoms with van der Waals surface area (Å²) in [4.78, 5) is 18.0. The largest absolute Gasteiger partial charge is 0.452 e. The number of ether oxygens (including phenoxy) is 1. The van der Waals surface area contributed by atoms with Crippen molar-refractivity contribution in [3.8, 4) is 0 Å². The smallest absolute Gasteiger partial charge is 0.425 e. The number of hydrogen-bond acceptors (Lipinski definition) is 5. The number of nitrogens with zero attached hydrogens (tertiary/aromatic N) is 1. The number of alkyl halides is 3. The molecule has 0 aromatic carbocycles. The SMILES string of the molecule is C[C@]1(c2cc(N)c[nH]c2=O)C[C@@H](C(F)(F)F)OC(N)=N1. The van der Waals surface area contributed by atoms with Gasteiger partial charge in [-0.05, 0) is 13.0 Å². The predicted molar refractivity (Wildman–Crippen MR) is 66.0 cm³/mol. The highest BCUT2D eigenvalue weighted by molar-refractivity contribution is 5.73. The molecular formula is C11H13F3N4O2. The van der Waals surface area contributed by atoms with Crippen molar-refractivity contribution in [2.45, 2.75) is 31.2 Å². The zero-order chi connectivity index (χ0) is 15.1. The molecule has 2 rings (SSSR count). The van der Waals surface area contributed by atoms with E-state index in [0.29, 0.717) is 0 Å². The van der Waals surface area contributed by atoms with Crippen LogP contribution >= 0.6 is 0 Å². The second-order valence-electron chi connectivity index (χ2n) is 4.75. The van der Waals surface area contributed by atoms with Crippen LogP contribution in [0.25, 0.3) is 0 Å². The van der Waals surface area contributed by atoms with Crippen molar-refractivity contribution < 1.29 is 17.9 Å². The average Bonchev–Trinajstić information content (AvgIpc) is 2.30. The van der Waals surface area contributed by atoms with Gasteiger partial charge in [0.2, 0.25) is 0 Å². The summed E-state index contributed by atoms with van der Waals surface area (Å²) in [7, 11) is 0. The minimum Gasteiger partial charge on any atom is -0.452 e. The number of halogens is 3. The van der Waals surface area contributed by atoms with Crippen LogP contribution in [0.15, 0.2) is 22.1 Å². The molecule has 0 amide bonds. The summed E-state index contributed by atoms with van der Waals surface area (Å²) < 4.78 is 42.9. The molecule has 110 valence electrons. The Kier molecular flexibility index (Phi) is 3.15. The van der Waals surface area contributed by atoms with E-state index >= 15 is 0 Å². The summed E-state index contributed by atoms with van der Waals surface area (Å²) in [6.07, 6.45) is -6.02. The van der Waals surface area contributed by atoms with Crippen molar-refractivity contribution in [3.05, 3.63) is 28.2 Å². The highest BCUT2D eigenvalue weighted by Gasteiger charge is 2.50. The molecule has 2 heterocycles. The number of pyridine rings is 1. The second kappa shape index (κ2) is 4.43. The Hall–Kier alpha value is -2.19. The Labute approximate surface area is 111 Å². The van der Waals surface area contributed by atoms with E-state index in [1.54, 1.807) is 0 Å². The molecule has 0 unspecified atom stereocenters. The van der Waals surface area contributed by atoms with E-state index in [-0.39, 0.29) is 11.3 Å². The van der Waals surface area contributed by atoms with Crippen molar-refractivity contribution in [2.24, 2.45) is 10.7 Å². The quantitative estimate of drug-likeness (QED) is 0.712. The number of H-pyrrole nitrogens is 1. The molecule has 0 radical (unpaired) electrons. The zero-order valence-corrected chi connectivity index (χ0v) is 10.5. The van der Waals surface area contributed by atoms with Gasteiger partial charge in [0.25, 0.3) is 11.6 Å². The third-order valence-electron chi connectivity index (χ3n) is 3.07. The highest BCUT2D eigenvalue weighted by Crippen LogP contribution is 2.38. The minimum atomic E-state index is -4.60. The second-order valence-corrected chi connectivity index (χ2v) is 4.75. The van der Waals surface area contributed by atoms with Gasteiger partial charge >= 0.3 is 6.18 Å². The summed E-state index contributed by atoms with van der Waals surface area (Å²) in [5, 5.41) is 0. The molecule has 0 aliphatic carbocycles. The van der Waals surface area contributed by atoms with E-state index in [0.717, 1.165) is 0 Å². The van der Waals surface area contributed by atoms with Crippen LogP contribution in [0.5, 0.6) is 0 Å². The van der Waals surface area contributed by atoms with Crippen LogP contribution in [0.3, 0.4) is 0 Å². The molecule has 5 N–H and O–H groups in total. The van der Waals surface area contributed by atoms with E-state index in [9.17, 15) is 18.0 Å². The van der Waals surface area contributed by atoms with Gasteiger partial charge in [0.15, 0.2) is 6.10 Å². The molecule has 0 bridgehead atoms. The van der Waals surface area contributed by atoms with Gasteiger partial charge in [0, 0.05) is 23.9 Å². The van der Waals surface area contributed by atoms with Crippen LogP contribution in [0, 0.1) is 0 Å². The minimum absolute atomic E-state index is 0.0120. The Morgan fingerprint density at radius 3 is 2.75 bits per heavy atom. The number of hydrogen-bond donors (Lipinski definition) is 3. The first-order valence-corrected chi connectivity index (χ1v) is 5.69. The summed E-state index contributed by atoms with van der Waals surface area (Å²) in [5.74, 6) is 0. The fourth-order valence-corrected chi connectivity index (χ4v) is 2.12. The molecule has 20 heavy (non-hydrogen) atoms. The normalized spacial score (nSPS) is 26.8. The summed E-state index contributed by atoms with van der Waals surface area (Å²) in [6, 6.07) is 0.678. The van der Waals surface area contributed by atoms with Gasteiger partial charge in [-0.25, -0.2) is 4.99 Å². The maximum absolute atomic E-state index is 12.8. The molecule has 0 spiro atoms. The summed E-state index contributed by atoms with van der Waals surface area (Å²) in [6.45, 7) is 1.38. The van der Waals surface area contributed by atoms with Crippen LogP contribution in [0.4, 0.5) is 18.9 Å². The Bertz CT molecular complexity index is 610. The number of nitrogens with one attached hydrogen (secondary N) is 1. The van der Waals surface area contributed by atoms with Crippen molar-refractivity contribution in [2.75, 3.05) is 5.73 Å². The first-order valence-electron chi connectivity index (χ1n) is 5.69. The molecule has 9 heteroatoms. The van der Waals surface area contributed by atoms with E-state index in [1.165, 1.54) is 19.2 Å². The third kappa shape index (κ3) is 2.56. The lowest BCUT2D eigenvalue weighted by molar-refractivity contribution is -0.208. The molecule has 1 aromatic rings. The molecule has 0 fully saturated rings. The lowest BCUT2D eigenvalue weighted by Crippen LogP contribution is -2.47. The summed E-state index contributed by atoms with van der Waals surface area (Å²) >= 11 is 0. The maximum atomic E-state index is 12.8. The summed E-state index contributed by atoms with van der Waals surface area (Å²) in [5.41, 5.74) is 9.06. The van der Waals surface area contributed by atoms with Gasteiger partial charge in [0.05, 0.1) is 5.54 Å². The average molecular weight is 290 g/mol. The molecular weight excluding hydrogens is 277 g/mol. The van der Waals surface area contributed by atoms with Crippen LogP contribution in [0.2, 0.25) is 0 Å². The zero-order valence-electron chi connectivity index (χ0n) is 10.5. The fourth-order valence-electron chi connectivity index (χ4n) is 2.12. The van der Waals surface area contributed by atoms with Crippen LogP contribution in [-0.4, -0.2) is 23.3 Å². The van der Waals surface area contributed by atoms with Gasteiger partial charge in [-0.15, -0.1) is 0 Å². The van der Waals surface area contributed by atoms with Gasteiger partial charge < -0.3 is 21.2 Å². The molecule has 1 aliphatic heterocycles. The highest BCUT2D eigenvalue weighted by atomic mass is 19.4. The van der Waals surface area contributed by atoms with Crippen molar-refractivity contribution in [3.63, 3.8) is 0 Å². The van der Waals surface area contributed by atoms with E-state index in [1.807, 2.05) is 0 Å². The monoisotopic (exact) mass is 290 g/mol. The van der Waals surface area contributed by atoms with Crippen LogP contribution in [0.1, 0.15) is 18.9 Å². The Morgan fingerprint density at radius 2 is 2.15 bits per heavy atom. The molecule has 6 nitrogen and oxygen atoms in total. The molecule has 1 aliphatic rings. The van der Waals surface area contributed by atoms with Crippen molar-refractivity contribution >= 4 is 11.7 Å². The van der Waals surface area contributed by atoms with Gasteiger partial charge in [-0.2, -0.15) is 13.2 Å². The van der Waals surface area contributed by atoms with Gasteiger partial charge in [0.1, 0.15) is 0 Å². The number of rotatable bonds is 1. The first kappa shape index (κ1) is 14.2. The topological polar surface area (TPSA) is 106 Å². The van der Waals surface area contributed by atoms with Gasteiger partial charge in [-0.1, -0.05) is 0 Å². The predicted octanol–water partition coefficient (Wildman–Crippen LogP) is 0.838. The number of nitrogen functional groups attached to an aromatic ring is 1. The maximum Gasteiger partial charge on any atom is 0.425 e.